The van der Waals surface area contributed by atoms with Crippen LogP contribution < -0.4 is 5.32 Å². The molecule has 0 saturated heterocycles. The van der Waals surface area contributed by atoms with Crippen molar-refractivity contribution >= 4 is 6.01 Å². The van der Waals surface area contributed by atoms with Gasteiger partial charge in [0.25, 0.3) is 0 Å². The number of nitrogens with one attached hydrogen (secondary N) is 1. The fourth-order valence-electron chi connectivity index (χ4n) is 1.98. The monoisotopic (exact) mass is 225 g/mol. The lowest BCUT2D eigenvalue weighted by Crippen LogP contribution is -2.20. The Kier molecular flexibility index (Phi) is 4.16. The van der Waals surface area contributed by atoms with Gasteiger partial charge in [-0.2, -0.15) is 4.98 Å². The van der Waals surface area contributed by atoms with Gasteiger partial charge in [-0.3, -0.25) is 0 Å². The third-order valence-electron chi connectivity index (χ3n) is 2.81. The molecular weight excluding hydrogens is 206 g/mol. The number of nitrogens with zero attached hydrogens (tertiary/aromatic N) is 2. The molecule has 0 aromatic carbocycles. The molecule has 16 heavy (non-hydrogen) atoms. The Hall–Kier alpha value is -1.10. The zero-order valence-corrected chi connectivity index (χ0v) is 9.74. The summed E-state index contributed by atoms with van der Waals surface area (Å²) in [5.74, 6) is 0.649. The average Bonchev–Trinajstić information content (AvgIpc) is 2.72. The number of aromatic nitrogens is 2. The van der Waals surface area contributed by atoms with Gasteiger partial charge in [0.15, 0.2) is 5.82 Å². The third-order valence-corrected chi connectivity index (χ3v) is 2.81. The van der Waals surface area contributed by atoms with Crippen molar-refractivity contribution in [3.05, 3.63) is 5.82 Å². The number of hydrogen-bond acceptors (Lipinski definition) is 5. The molecule has 90 valence electrons. The second-order valence-electron chi connectivity index (χ2n) is 4.20. The third kappa shape index (κ3) is 3.48. The Morgan fingerprint density at radius 2 is 2.19 bits per heavy atom. The second-order valence-corrected chi connectivity index (χ2v) is 4.20. The quantitative estimate of drug-likeness (QED) is 0.778. The maximum absolute atomic E-state index is 5.76. The molecule has 0 amide bonds. The molecule has 1 aliphatic rings. The predicted molar refractivity (Wildman–Crippen MR) is 60.3 cm³/mol. The first-order chi connectivity index (χ1) is 7.84. The highest BCUT2D eigenvalue weighted by Gasteiger charge is 2.13. The molecule has 1 fully saturated rings. The number of hydrogen-bond donors (Lipinski definition) is 1. The van der Waals surface area contributed by atoms with Gasteiger partial charge in [-0.05, 0) is 19.8 Å². The largest absolute Gasteiger partial charge is 0.376 e. The zero-order chi connectivity index (χ0) is 11.2. The maximum atomic E-state index is 5.76. The number of rotatable bonds is 5. The molecule has 0 spiro atoms. The van der Waals surface area contributed by atoms with Crippen LogP contribution in [0.3, 0.4) is 0 Å². The van der Waals surface area contributed by atoms with Crippen molar-refractivity contribution in [2.45, 2.75) is 45.1 Å². The first-order valence-electron chi connectivity index (χ1n) is 6.00. The van der Waals surface area contributed by atoms with Crippen molar-refractivity contribution in [1.29, 1.82) is 0 Å². The summed E-state index contributed by atoms with van der Waals surface area (Å²) >= 11 is 0. The summed E-state index contributed by atoms with van der Waals surface area (Å²) in [6.45, 7) is 3.22. The van der Waals surface area contributed by atoms with E-state index >= 15 is 0 Å². The molecule has 1 aromatic rings. The van der Waals surface area contributed by atoms with Crippen LogP contribution in [0.2, 0.25) is 0 Å². The van der Waals surface area contributed by atoms with Gasteiger partial charge in [-0.15, -0.1) is 0 Å². The van der Waals surface area contributed by atoms with Crippen LogP contribution in [0.15, 0.2) is 4.52 Å². The highest BCUT2D eigenvalue weighted by molar-refractivity contribution is 5.17. The highest BCUT2D eigenvalue weighted by Crippen LogP contribution is 2.19. The van der Waals surface area contributed by atoms with Crippen LogP contribution in [0, 0.1) is 6.92 Å². The summed E-state index contributed by atoms with van der Waals surface area (Å²) in [4.78, 5) is 4.05. The predicted octanol–water partition coefficient (Wildman–Crippen LogP) is 2.14. The van der Waals surface area contributed by atoms with Crippen molar-refractivity contribution in [1.82, 2.24) is 10.1 Å². The van der Waals surface area contributed by atoms with Crippen LogP contribution in [0.4, 0.5) is 6.01 Å². The van der Waals surface area contributed by atoms with Crippen molar-refractivity contribution < 1.29 is 9.26 Å². The van der Waals surface area contributed by atoms with Gasteiger partial charge in [0.2, 0.25) is 0 Å². The van der Waals surface area contributed by atoms with Gasteiger partial charge in [0, 0.05) is 6.54 Å². The smallest absolute Gasteiger partial charge is 0.321 e. The average molecular weight is 225 g/mol. The van der Waals surface area contributed by atoms with Crippen LogP contribution in [-0.2, 0) is 4.74 Å². The summed E-state index contributed by atoms with van der Waals surface area (Å²) in [6.07, 6.45) is 6.85. The normalized spacial score (nSPS) is 17.6. The molecule has 0 atom stereocenters. The second kappa shape index (κ2) is 5.84. The standard InChI is InChI=1S/C11H19N3O2/c1-9-13-11(16-14-9)12-7-8-15-10-5-3-2-4-6-10/h10H,2-8H2,1H3,(H,12,13,14). The van der Waals surface area contributed by atoms with Crippen molar-refractivity contribution in [3.8, 4) is 0 Å². The van der Waals surface area contributed by atoms with Crippen LogP contribution in [0.1, 0.15) is 37.9 Å². The van der Waals surface area contributed by atoms with E-state index < -0.39 is 0 Å². The number of aryl methyl sites for hydroxylation is 1. The molecule has 1 aliphatic carbocycles. The van der Waals surface area contributed by atoms with E-state index in [0.29, 0.717) is 24.5 Å². The Balaban J connectivity index is 1.57. The van der Waals surface area contributed by atoms with Crippen molar-refractivity contribution in [2.24, 2.45) is 0 Å². The summed E-state index contributed by atoms with van der Waals surface area (Å²) in [6, 6.07) is 0.477. The van der Waals surface area contributed by atoms with Gasteiger partial charge >= 0.3 is 6.01 Å². The Morgan fingerprint density at radius 3 is 2.88 bits per heavy atom. The molecule has 0 aliphatic heterocycles. The SMILES string of the molecule is Cc1noc(NCCOC2CCCCC2)n1. The van der Waals surface area contributed by atoms with E-state index in [1.54, 1.807) is 6.92 Å². The lowest BCUT2D eigenvalue weighted by atomic mass is 9.98. The van der Waals surface area contributed by atoms with Crippen LogP contribution >= 0.6 is 0 Å². The van der Waals surface area contributed by atoms with Crippen molar-refractivity contribution in [2.75, 3.05) is 18.5 Å². The zero-order valence-electron chi connectivity index (χ0n) is 9.74. The number of anilines is 1. The molecule has 1 aromatic heterocycles. The lowest BCUT2D eigenvalue weighted by Gasteiger charge is -2.21. The molecule has 0 radical (unpaired) electrons. The van der Waals surface area contributed by atoms with E-state index in [9.17, 15) is 0 Å². The summed E-state index contributed by atoms with van der Waals surface area (Å²) < 4.78 is 10.7. The van der Waals surface area contributed by atoms with E-state index in [2.05, 4.69) is 15.5 Å². The van der Waals surface area contributed by atoms with Crippen LogP contribution in [0.25, 0.3) is 0 Å². The van der Waals surface area contributed by atoms with E-state index in [1.165, 1.54) is 32.1 Å². The van der Waals surface area contributed by atoms with Gasteiger partial charge < -0.3 is 14.6 Å². The van der Waals surface area contributed by atoms with Crippen molar-refractivity contribution in [3.63, 3.8) is 0 Å². The van der Waals surface area contributed by atoms with E-state index in [0.717, 1.165) is 6.54 Å². The molecule has 2 rings (SSSR count). The lowest BCUT2D eigenvalue weighted by molar-refractivity contribution is 0.0345. The minimum absolute atomic E-state index is 0.458. The molecular formula is C11H19N3O2. The van der Waals surface area contributed by atoms with Gasteiger partial charge in [-0.25, -0.2) is 0 Å². The number of ether oxygens (including phenoxy) is 1. The first kappa shape index (κ1) is 11.4. The Morgan fingerprint density at radius 1 is 1.38 bits per heavy atom. The highest BCUT2D eigenvalue weighted by atomic mass is 16.5. The minimum atomic E-state index is 0.458. The topological polar surface area (TPSA) is 60.2 Å². The van der Waals surface area contributed by atoms with E-state index in [1.807, 2.05) is 0 Å². The van der Waals surface area contributed by atoms with Gasteiger partial charge in [0.1, 0.15) is 0 Å². The fourth-order valence-corrected chi connectivity index (χ4v) is 1.98. The summed E-state index contributed by atoms with van der Waals surface area (Å²) in [5.41, 5.74) is 0. The summed E-state index contributed by atoms with van der Waals surface area (Å²) in [5, 5.41) is 6.74. The van der Waals surface area contributed by atoms with Gasteiger partial charge in [-0.1, -0.05) is 24.4 Å². The van der Waals surface area contributed by atoms with Crippen LogP contribution in [-0.4, -0.2) is 29.4 Å². The minimum Gasteiger partial charge on any atom is -0.376 e. The molecule has 5 nitrogen and oxygen atoms in total. The molecule has 1 heterocycles. The van der Waals surface area contributed by atoms with E-state index in [-0.39, 0.29) is 0 Å². The van der Waals surface area contributed by atoms with E-state index in [4.69, 9.17) is 9.26 Å². The maximum Gasteiger partial charge on any atom is 0.321 e. The van der Waals surface area contributed by atoms with Gasteiger partial charge in [0.05, 0.1) is 12.7 Å². The Bertz CT molecular complexity index is 308. The Labute approximate surface area is 95.6 Å². The molecule has 1 saturated carbocycles. The fraction of sp³-hybridized carbons (Fsp3) is 0.818. The van der Waals surface area contributed by atoms with Crippen LogP contribution in [0.5, 0.6) is 0 Å². The molecule has 1 N–H and O–H groups in total. The molecule has 0 unspecified atom stereocenters. The molecule has 5 heteroatoms. The first-order valence-corrected chi connectivity index (χ1v) is 6.00. The molecule has 0 bridgehead atoms. The summed E-state index contributed by atoms with van der Waals surface area (Å²) in [7, 11) is 0.